The van der Waals surface area contributed by atoms with Gasteiger partial charge >= 0.3 is 0 Å². The standard InChI is InChI=1S/C21H24Cl2N2O2/c1-3-4-6-11-19(16-9-7-5-8-10-16)24-25-21(26)15(2)27-20-13-12-17(22)14-18(20)23/h5,7-10,12-15H,3-4,6,11H2,1-2H3,(H,25,26)/b24-19+. The second-order valence-electron chi connectivity index (χ2n) is 6.19. The summed E-state index contributed by atoms with van der Waals surface area (Å²) in [5.41, 5.74) is 4.47. The van der Waals surface area contributed by atoms with Crippen LogP contribution < -0.4 is 10.2 Å². The fraction of sp³-hybridized carbons (Fsp3) is 0.333. The number of rotatable bonds is 9. The van der Waals surface area contributed by atoms with Crippen molar-refractivity contribution in [3.8, 4) is 5.75 Å². The first kappa shape index (κ1) is 21.3. The van der Waals surface area contributed by atoms with E-state index in [0.717, 1.165) is 37.0 Å². The van der Waals surface area contributed by atoms with E-state index >= 15 is 0 Å². The van der Waals surface area contributed by atoms with E-state index in [1.807, 2.05) is 30.3 Å². The Labute approximate surface area is 170 Å². The average Bonchev–Trinajstić information content (AvgIpc) is 2.67. The van der Waals surface area contributed by atoms with Gasteiger partial charge in [-0.25, -0.2) is 5.43 Å². The minimum absolute atomic E-state index is 0.343. The van der Waals surface area contributed by atoms with Crippen LogP contribution in [0.25, 0.3) is 0 Å². The van der Waals surface area contributed by atoms with Crippen LogP contribution in [0.3, 0.4) is 0 Å². The number of hydrogen-bond acceptors (Lipinski definition) is 3. The number of nitrogens with one attached hydrogen (secondary N) is 1. The van der Waals surface area contributed by atoms with Gasteiger partial charge in [0.15, 0.2) is 6.10 Å². The monoisotopic (exact) mass is 406 g/mol. The van der Waals surface area contributed by atoms with E-state index in [1.165, 1.54) is 0 Å². The number of amides is 1. The SMILES string of the molecule is CCCCC/C(=N\NC(=O)C(C)Oc1ccc(Cl)cc1Cl)c1ccccc1. The van der Waals surface area contributed by atoms with Crippen molar-refractivity contribution >= 4 is 34.8 Å². The Hall–Kier alpha value is -2.04. The molecule has 2 aromatic carbocycles. The van der Waals surface area contributed by atoms with Gasteiger partial charge in [0.25, 0.3) is 5.91 Å². The van der Waals surface area contributed by atoms with Crippen molar-refractivity contribution in [1.82, 2.24) is 5.43 Å². The van der Waals surface area contributed by atoms with Crippen molar-refractivity contribution in [2.45, 2.75) is 45.6 Å². The first-order chi connectivity index (χ1) is 13.0. The van der Waals surface area contributed by atoms with E-state index in [4.69, 9.17) is 27.9 Å². The number of halogens is 2. The van der Waals surface area contributed by atoms with Crippen molar-refractivity contribution in [1.29, 1.82) is 0 Å². The van der Waals surface area contributed by atoms with Crippen LogP contribution in [0.1, 0.15) is 45.1 Å². The molecule has 0 aliphatic carbocycles. The maximum absolute atomic E-state index is 12.4. The number of ether oxygens (including phenoxy) is 1. The highest BCUT2D eigenvalue weighted by Gasteiger charge is 2.16. The zero-order chi connectivity index (χ0) is 19.6. The van der Waals surface area contributed by atoms with Crippen molar-refractivity contribution < 1.29 is 9.53 Å². The molecule has 0 saturated heterocycles. The van der Waals surface area contributed by atoms with Gasteiger partial charge in [0.05, 0.1) is 10.7 Å². The minimum atomic E-state index is -0.750. The summed E-state index contributed by atoms with van der Waals surface area (Å²) in [6.45, 7) is 3.80. The predicted octanol–water partition coefficient (Wildman–Crippen LogP) is 5.86. The highest BCUT2D eigenvalue weighted by atomic mass is 35.5. The van der Waals surface area contributed by atoms with E-state index < -0.39 is 6.10 Å². The fourth-order valence-electron chi connectivity index (χ4n) is 2.47. The summed E-state index contributed by atoms with van der Waals surface area (Å²) in [6, 6.07) is 14.7. The van der Waals surface area contributed by atoms with E-state index in [0.29, 0.717) is 15.8 Å². The molecule has 0 spiro atoms. The van der Waals surface area contributed by atoms with Gasteiger partial charge in [0.1, 0.15) is 5.75 Å². The summed E-state index contributed by atoms with van der Waals surface area (Å²) in [5, 5.41) is 5.21. The van der Waals surface area contributed by atoms with Crippen LogP contribution in [0.5, 0.6) is 5.75 Å². The summed E-state index contributed by atoms with van der Waals surface area (Å²) >= 11 is 12.0. The molecule has 27 heavy (non-hydrogen) atoms. The van der Waals surface area contributed by atoms with Crippen LogP contribution in [0.2, 0.25) is 10.0 Å². The number of carbonyl (C=O) groups excluding carboxylic acids is 1. The number of nitrogens with zero attached hydrogens (tertiary/aromatic N) is 1. The largest absolute Gasteiger partial charge is 0.479 e. The third-order valence-electron chi connectivity index (χ3n) is 3.99. The normalized spacial score (nSPS) is 12.5. The van der Waals surface area contributed by atoms with Crippen LogP contribution in [0, 0.1) is 0 Å². The molecule has 0 radical (unpaired) electrons. The molecule has 4 nitrogen and oxygen atoms in total. The Kier molecular flexibility index (Phi) is 8.62. The predicted molar refractivity (Wildman–Crippen MR) is 112 cm³/mol. The molecule has 2 rings (SSSR count). The maximum atomic E-state index is 12.4. The van der Waals surface area contributed by atoms with Crippen LogP contribution in [0.15, 0.2) is 53.6 Å². The average molecular weight is 407 g/mol. The van der Waals surface area contributed by atoms with Gasteiger partial charge in [-0.1, -0.05) is 73.3 Å². The van der Waals surface area contributed by atoms with Gasteiger partial charge in [-0.3, -0.25) is 4.79 Å². The Morgan fingerprint density at radius 1 is 1.15 bits per heavy atom. The van der Waals surface area contributed by atoms with Gasteiger partial charge in [0.2, 0.25) is 0 Å². The zero-order valence-electron chi connectivity index (χ0n) is 15.5. The lowest BCUT2D eigenvalue weighted by molar-refractivity contribution is -0.127. The molecule has 1 unspecified atom stereocenters. The molecule has 1 atom stereocenters. The highest BCUT2D eigenvalue weighted by molar-refractivity contribution is 6.35. The second kappa shape index (κ2) is 11.0. The topological polar surface area (TPSA) is 50.7 Å². The Balaban J connectivity index is 2.03. The molecular weight excluding hydrogens is 383 g/mol. The number of hydrogen-bond donors (Lipinski definition) is 1. The Morgan fingerprint density at radius 2 is 1.89 bits per heavy atom. The molecule has 0 fully saturated rings. The van der Waals surface area contributed by atoms with Gasteiger partial charge in [0, 0.05) is 5.02 Å². The lowest BCUT2D eigenvalue weighted by Crippen LogP contribution is -2.34. The molecule has 144 valence electrons. The lowest BCUT2D eigenvalue weighted by atomic mass is 10.0. The van der Waals surface area contributed by atoms with E-state index in [1.54, 1.807) is 25.1 Å². The van der Waals surface area contributed by atoms with Crippen LogP contribution >= 0.6 is 23.2 Å². The van der Waals surface area contributed by atoms with Gasteiger partial charge in [-0.05, 0) is 43.5 Å². The van der Waals surface area contributed by atoms with E-state index in [2.05, 4.69) is 17.5 Å². The Morgan fingerprint density at radius 3 is 2.56 bits per heavy atom. The van der Waals surface area contributed by atoms with Gasteiger partial charge < -0.3 is 4.74 Å². The summed E-state index contributed by atoms with van der Waals surface area (Å²) in [5.74, 6) is 0.0591. The van der Waals surface area contributed by atoms with Crippen molar-refractivity contribution in [2.75, 3.05) is 0 Å². The van der Waals surface area contributed by atoms with Crippen LogP contribution in [0.4, 0.5) is 0 Å². The summed E-state index contributed by atoms with van der Waals surface area (Å²) in [6.07, 6.45) is 3.32. The molecule has 0 heterocycles. The number of unbranched alkanes of at least 4 members (excludes halogenated alkanes) is 2. The van der Waals surface area contributed by atoms with Gasteiger partial charge in [-0.2, -0.15) is 5.10 Å². The first-order valence-corrected chi connectivity index (χ1v) is 9.80. The summed E-state index contributed by atoms with van der Waals surface area (Å²) < 4.78 is 5.63. The van der Waals surface area contributed by atoms with Crippen LogP contribution in [-0.4, -0.2) is 17.7 Å². The molecule has 0 aliphatic heterocycles. The summed E-state index contributed by atoms with van der Waals surface area (Å²) in [4.78, 5) is 12.4. The zero-order valence-corrected chi connectivity index (χ0v) is 17.1. The van der Waals surface area contributed by atoms with Gasteiger partial charge in [-0.15, -0.1) is 0 Å². The quantitative estimate of drug-likeness (QED) is 0.322. The third-order valence-corrected chi connectivity index (χ3v) is 4.52. The van der Waals surface area contributed by atoms with Crippen molar-refractivity contribution in [3.63, 3.8) is 0 Å². The Bertz CT molecular complexity index is 779. The molecule has 0 saturated carbocycles. The molecule has 2 aromatic rings. The number of benzene rings is 2. The third kappa shape index (κ3) is 6.89. The molecule has 1 amide bonds. The minimum Gasteiger partial charge on any atom is -0.479 e. The van der Waals surface area contributed by atoms with E-state index in [-0.39, 0.29) is 5.91 Å². The number of hydrazone groups is 1. The van der Waals surface area contributed by atoms with Crippen LogP contribution in [-0.2, 0) is 4.79 Å². The smallest absolute Gasteiger partial charge is 0.280 e. The summed E-state index contributed by atoms with van der Waals surface area (Å²) in [7, 11) is 0. The molecule has 1 N–H and O–H groups in total. The maximum Gasteiger partial charge on any atom is 0.280 e. The van der Waals surface area contributed by atoms with E-state index in [9.17, 15) is 4.79 Å². The second-order valence-corrected chi connectivity index (χ2v) is 7.04. The molecule has 6 heteroatoms. The highest BCUT2D eigenvalue weighted by Crippen LogP contribution is 2.28. The molecule has 0 aliphatic rings. The lowest BCUT2D eigenvalue weighted by Gasteiger charge is -2.15. The van der Waals surface area contributed by atoms with Crippen molar-refractivity contribution in [3.05, 3.63) is 64.1 Å². The first-order valence-electron chi connectivity index (χ1n) is 9.04. The molecule has 0 aromatic heterocycles. The fourth-order valence-corrected chi connectivity index (χ4v) is 2.92. The van der Waals surface area contributed by atoms with Crippen molar-refractivity contribution in [2.24, 2.45) is 5.10 Å². The number of carbonyl (C=O) groups is 1. The molecular formula is C21H24Cl2N2O2. The molecule has 0 bridgehead atoms.